The molecule has 2 rings (SSSR count). The first kappa shape index (κ1) is 18.6. The molecule has 23 heavy (non-hydrogen) atoms. The summed E-state index contributed by atoms with van der Waals surface area (Å²) >= 11 is 0. The molecule has 1 saturated heterocycles. The summed E-state index contributed by atoms with van der Waals surface area (Å²) in [5.41, 5.74) is 5.14. The Morgan fingerprint density at radius 3 is 2.83 bits per heavy atom. The lowest BCUT2D eigenvalue weighted by molar-refractivity contribution is -0.170. The fourth-order valence-corrected chi connectivity index (χ4v) is 3.35. The van der Waals surface area contributed by atoms with Crippen molar-refractivity contribution in [2.45, 2.75) is 64.2 Å². The SMILES string of the molecule is CCOC1CC(N)(C(=O)NCCCOCC2CCCO2)C1(C)C. The molecule has 3 atom stereocenters. The van der Waals surface area contributed by atoms with E-state index in [1.807, 2.05) is 20.8 Å². The Bertz CT molecular complexity index is 396. The summed E-state index contributed by atoms with van der Waals surface area (Å²) in [6.45, 7) is 9.32. The Balaban J connectivity index is 1.61. The lowest BCUT2D eigenvalue weighted by atomic mass is 9.54. The number of carbonyl (C=O) groups is 1. The van der Waals surface area contributed by atoms with Gasteiger partial charge < -0.3 is 25.3 Å². The summed E-state index contributed by atoms with van der Waals surface area (Å²) in [6, 6.07) is 0. The highest BCUT2D eigenvalue weighted by molar-refractivity contribution is 5.88. The fraction of sp³-hybridized carbons (Fsp3) is 0.941. The Labute approximate surface area is 139 Å². The van der Waals surface area contributed by atoms with E-state index in [1.54, 1.807) is 0 Å². The molecule has 0 aromatic carbocycles. The lowest BCUT2D eigenvalue weighted by Crippen LogP contribution is -2.75. The third-order valence-corrected chi connectivity index (χ3v) is 5.31. The molecule has 3 N–H and O–H groups in total. The molecule has 1 aliphatic carbocycles. The highest BCUT2D eigenvalue weighted by atomic mass is 16.5. The molecule has 3 unspecified atom stereocenters. The van der Waals surface area contributed by atoms with Crippen molar-refractivity contribution in [1.29, 1.82) is 0 Å². The predicted octanol–water partition coefficient (Wildman–Crippen LogP) is 1.22. The average Bonchev–Trinajstić information content (AvgIpc) is 3.03. The van der Waals surface area contributed by atoms with Gasteiger partial charge in [0.15, 0.2) is 0 Å². The van der Waals surface area contributed by atoms with E-state index >= 15 is 0 Å². The minimum absolute atomic E-state index is 0.0537. The highest BCUT2D eigenvalue weighted by Gasteiger charge is 2.62. The van der Waals surface area contributed by atoms with Crippen molar-refractivity contribution in [2.24, 2.45) is 11.1 Å². The third kappa shape index (κ3) is 4.05. The van der Waals surface area contributed by atoms with Crippen LogP contribution in [-0.2, 0) is 19.0 Å². The molecule has 6 heteroatoms. The van der Waals surface area contributed by atoms with E-state index in [-0.39, 0.29) is 23.5 Å². The predicted molar refractivity (Wildman–Crippen MR) is 88.2 cm³/mol. The molecule has 6 nitrogen and oxygen atoms in total. The van der Waals surface area contributed by atoms with Crippen LogP contribution in [0.3, 0.4) is 0 Å². The zero-order valence-electron chi connectivity index (χ0n) is 14.7. The van der Waals surface area contributed by atoms with E-state index in [9.17, 15) is 4.79 Å². The molecule has 1 heterocycles. The summed E-state index contributed by atoms with van der Waals surface area (Å²) in [7, 11) is 0. The van der Waals surface area contributed by atoms with Crippen LogP contribution in [0, 0.1) is 5.41 Å². The number of rotatable bonds is 9. The minimum Gasteiger partial charge on any atom is -0.379 e. The van der Waals surface area contributed by atoms with E-state index in [1.165, 1.54) is 0 Å². The van der Waals surface area contributed by atoms with Crippen LogP contribution in [0.15, 0.2) is 0 Å². The number of amides is 1. The first-order chi connectivity index (χ1) is 10.9. The maximum atomic E-state index is 12.4. The molecule has 1 aliphatic heterocycles. The Morgan fingerprint density at radius 2 is 2.22 bits per heavy atom. The molecule has 1 saturated carbocycles. The molecule has 0 radical (unpaired) electrons. The monoisotopic (exact) mass is 328 g/mol. The van der Waals surface area contributed by atoms with Crippen LogP contribution in [0.5, 0.6) is 0 Å². The van der Waals surface area contributed by atoms with Crippen molar-refractivity contribution in [3.63, 3.8) is 0 Å². The van der Waals surface area contributed by atoms with Gasteiger partial charge in [-0.05, 0) is 26.2 Å². The molecule has 0 spiro atoms. The van der Waals surface area contributed by atoms with Gasteiger partial charge in [-0.2, -0.15) is 0 Å². The summed E-state index contributed by atoms with van der Waals surface area (Å²) in [6.07, 6.45) is 3.88. The van der Waals surface area contributed by atoms with Gasteiger partial charge in [0.25, 0.3) is 0 Å². The number of nitrogens with two attached hydrogens (primary N) is 1. The standard InChI is InChI=1S/C17H32N2O4/c1-4-22-14-11-17(18,16(14,2)3)15(20)19-8-6-9-21-12-13-7-5-10-23-13/h13-14H,4-12,18H2,1-3H3,(H,19,20). The van der Waals surface area contributed by atoms with Crippen molar-refractivity contribution in [3.8, 4) is 0 Å². The van der Waals surface area contributed by atoms with Gasteiger partial charge >= 0.3 is 0 Å². The summed E-state index contributed by atoms with van der Waals surface area (Å²) < 4.78 is 16.7. The van der Waals surface area contributed by atoms with Crippen LogP contribution in [0.4, 0.5) is 0 Å². The van der Waals surface area contributed by atoms with Gasteiger partial charge in [-0.1, -0.05) is 13.8 Å². The van der Waals surface area contributed by atoms with Crippen molar-refractivity contribution >= 4 is 5.91 Å². The van der Waals surface area contributed by atoms with Crippen LogP contribution in [0.1, 0.15) is 46.5 Å². The number of carbonyl (C=O) groups excluding carboxylic acids is 1. The molecular formula is C17H32N2O4. The summed E-state index contributed by atoms with van der Waals surface area (Å²) in [4.78, 5) is 12.4. The maximum Gasteiger partial charge on any atom is 0.240 e. The molecule has 0 aromatic heterocycles. The molecule has 0 aromatic rings. The van der Waals surface area contributed by atoms with Gasteiger partial charge in [-0.15, -0.1) is 0 Å². The van der Waals surface area contributed by atoms with E-state index in [4.69, 9.17) is 19.9 Å². The van der Waals surface area contributed by atoms with Crippen LogP contribution >= 0.6 is 0 Å². The first-order valence-corrected chi connectivity index (χ1v) is 8.80. The normalized spacial score (nSPS) is 32.5. The van der Waals surface area contributed by atoms with E-state index < -0.39 is 5.54 Å². The van der Waals surface area contributed by atoms with Crippen molar-refractivity contribution in [2.75, 3.05) is 33.0 Å². The first-order valence-electron chi connectivity index (χ1n) is 8.80. The number of nitrogens with one attached hydrogen (secondary N) is 1. The third-order valence-electron chi connectivity index (χ3n) is 5.31. The van der Waals surface area contributed by atoms with Crippen molar-refractivity contribution in [3.05, 3.63) is 0 Å². The highest BCUT2D eigenvalue weighted by Crippen LogP contribution is 2.49. The van der Waals surface area contributed by atoms with Gasteiger partial charge in [0.2, 0.25) is 5.91 Å². The largest absolute Gasteiger partial charge is 0.379 e. The Kier molecular flexibility index (Phi) is 6.42. The minimum atomic E-state index is -0.842. The second-order valence-electron chi connectivity index (χ2n) is 7.16. The van der Waals surface area contributed by atoms with E-state index in [2.05, 4.69) is 5.32 Å². The molecule has 2 aliphatic rings. The second kappa shape index (κ2) is 7.92. The Morgan fingerprint density at radius 1 is 1.43 bits per heavy atom. The van der Waals surface area contributed by atoms with E-state index in [0.717, 1.165) is 25.9 Å². The van der Waals surface area contributed by atoms with E-state index in [0.29, 0.717) is 32.8 Å². The lowest BCUT2D eigenvalue weighted by Gasteiger charge is -2.57. The van der Waals surface area contributed by atoms with Crippen LogP contribution in [-0.4, -0.2) is 56.6 Å². The summed E-state index contributed by atoms with van der Waals surface area (Å²) in [5.74, 6) is -0.0856. The van der Waals surface area contributed by atoms with Crippen LogP contribution < -0.4 is 11.1 Å². The van der Waals surface area contributed by atoms with Gasteiger partial charge in [-0.25, -0.2) is 0 Å². The maximum absolute atomic E-state index is 12.4. The number of hydrogen-bond acceptors (Lipinski definition) is 5. The number of hydrogen-bond donors (Lipinski definition) is 2. The zero-order valence-corrected chi connectivity index (χ0v) is 14.7. The topological polar surface area (TPSA) is 82.8 Å². The van der Waals surface area contributed by atoms with Crippen LogP contribution in [0.2, 0.25) is 0 Å². The van der Waals surface area contributed by atoms with Gasteiger partial charge in [0.1, 0.15) is 5.54 Å². The number of ether oxygens (including phenoxy) is 3. The molecule has 0 bridgehead atoms. The van der Waals surface area contributed by atoms with Crippen molar-refractivity contribution < 1.29 is 19.0 Å². The molecule has 2 fully saturated rings. The molecule has 1 amide bonds. The van der Waals surface area contributed by atoms with Crippen LogP contribution in [0.25, 0.3) is 0 Å². The van der Waals surface area contributed by atoms with Gasteiger partial charge in [-0.3, -0.25) is 4.79 Å². The smallest absolute Gasteiger partial charge is 0.240 e. The van der Waals surface area contributed by atoms with Crippen molar-refractivity contribution in [1.82, 2.24) is 5.32 Å². The average molecular weight is 328 g/mol. The van der Waals surface area contributed by atoms with Gasteiger partial charge in [0, 0.05) is 38.2 Å². The second-order valence-corrected chi connectivity index (χ2v) is 7.16. The summed E-state index contributed by atoms with van der Waals surface area (Å²) in [5, 5.41) is 2.94. The molecular weight excluding hydrogens is 296 g/mol. The fourth-order valence-electron chi connectivity index (χ4n) is 3.35. The zero-order chi connectivity index (χ0) is 16.9. The molecule has 134 valence electrons. The van der Waals surface area contributed by atoms with Gasteiger partial charge in [0.05, 0.1) is 18.8 Å². The Hall–Kier alpha value is -0.690. The quantitative estimate of drug-likeness (QED) is 0.622.